The smallest absolute Gasteiger partial charge is 0.260 e. The van der Waals surface area contributed by atoms with Crippen molar-refractivity contribution < 1.29 is 28.2 Å². The van der Waals surface area contributed by atoms with E-state index in [1.807, 2.05) is 6.07 Å². The molecule has 0 spiro atoms. The molecule has 0 bridgehead atoms. The van der Waals surface area contributed by atoms with Crippen LogP contribution in [-0.4, -0.2) is 56.0 Å². The number of carbonyl (C=O) groups is 1. The summed E-state index contributed by atoms with van der Waals surface area (Å²) in [6, 6.07) is 12.4. The summed E-state index contributed by atoms with van der Waals surface area (Å²) in [5.74, 6) is 2.58. The van der Waals surface area contributed by atoms with Gasteiger partial charge in [-0.3, -0.25) is 4.79 Å². The highest BCUT2D eigenvalue weighted by atomic mass is 16.5. The zero-order chi connectivity index (χ0) is 21.5. The predicted molar refractivity (Wildman–Crippen MR) is 108 cm³/mol. The predicted octanol–water partition coefficient (Wildman–Crippen LogP) is 2.80. The molecule has 0 N–H and O–H groups in total. The van der Waals surface area contributed by atoms with Crippen LogP contribution in [0.5, 0.6) is 23.0 Å². The summed E-state index contributed by atoms with van der Waals surface area (Å²) >= 11 is 0. The Hall–Kier alpha value is -3.75. The molecule has 0 atom stereocenters. The highest BCUT2D eigenvalue weighted by molar-refractivity contribution is 5.77. The van der Waals surface area contributed by atoms with Gasteiger partial charge in [0.1, 0.15) is 0 Å². The van der Waals surface area contributed by atoms with Crippen molar-refractivity contribution >= 4 is 5.91 Å². The second-order valence-electron chi connectivity index (χ2n) is 6.26. The molecule has 0 aliphatic heterocycles. The maximum Gasteiger partial charge on any atom is 0.260 e. The standard InChI is InChI=1S/C21H23N3O6/c1-24(20(25)13-29-17-8-6-5-7-15(17)26-2)12-19-22-23-21(30-19)14-9-10-16(27-3)18(11-14)28-4/h5-11H,12-13H2,1-4H3. The first kappa shape index (κ1) is 21.0. The molecule has 2 aromatic carbocycles. The first-order valence-corrected chi connectivity index (χ1v) is 9.10. The molecular formula is C21H23N3O6. The van der Waals surface area contributed by atoms with Crippen LogP contribution in [0.15, 0.2) is 46.9 Å². The minimum absolute atomic E-state index is 0.145. The van der Waals surface area contributed by atoms with Gasteiger partial charge in [0.2, 0.25) is 11.8 Å². The number of likely N-dealkylation sites (N-methyl/N-ethyl adjacent to an activating group) is 1. The molecule has 0 saturated heterocycles. The molecule has 0 unspecified atom stereocenters. The fourth-order valence-corrected chi connectivity index (χ4v) is 2.68. The highest BCUT2D eigenvalue weighted by Gasteiger charge is 2.17. The summed E-state index contributed by atoms with van der Waals surface area (Å²) in [5.41, 5.74) is 0.680. The van der Waals surface area contributed by atoms with Crippen molar-refractivity contribution in [3.63, 3.8) is 0 Å². The van der Waals surface area contributed by atoms with Gasteiger partial charge in [0.15, 0.2) is 29.6 Å². The molecule has 0 saturated carbocycles. The number of aromatic nitrogens is 2. The van der Waals surface area contributed by atoms with E-state index in [-0.39, 0.29) is 19.1 Å². The van der Waals surface area contributed by atoms with Crippen molar-refractivity contribution in [2.75, 3.05) is 35.0 Å². The number of rotatable bonds is 9. The Kier molecular flexibility index (Phi) is 6.74. The summed E-state index contributed by atoms with van der Waals surface area (Å²) in [4.78, 5) is 13.8. The molecule has 30 heavy (non-hydrogen) atoms. The Morgan fingerprint density at radius 2 is 1.60 bits per heavy atom. The van der Waals surface area contributed by atoms with Gasteiger partial charge in [0.25, 0.3) is 5.91 Å². The van der Waals surface area contributed by atoms with Crippen LogP contribution < -0.4 is 18.9 Å². The molecule has 0 aliphatic carbocycles. The molecule has 158 valence electrons. The van der Waals surface area contributed by atoms with Crippen molar-refractivity contribution in [2.24, 2.45) is 0 Å². The lowest BCUT2D eigenvalue weighted by Crippen LogP contribution is -2.31. The Morgan fingerprint density at radius 3 is 2.30 bits per heavy atom. The third kappa shape index (κ3) is 4.80. The quantitative estimate of drug-likeness (QED) is 0.528. The van der Waals surface area contributed by atoms with Crippen LogP contribution in [-0.2, 0) is 11.3 Å². The summed E-state index contributed by atoms with van der Waals surface area (Å²) in [7, 11) is 6.29. The van der Waals surface area contributed by atoms with Gasteiger partial charge < -0.3 is 28.3 Å². The Bertz CT molecular complexity index is 1000. The normalized spacial score (nSPS) is 10.4. The third-order valence-corrected chi connectivity index (χ3v) is 4.32. The molecule has 0 fully saturated rings. The van der Waals surface area contributed by atoms with Gasteiger partial charge in [-0.15, -0.1) is 10.2 Å². The molecule has 1 heterocycles. The number of hydrogen-bond acceptors (Lipinski definition) is 8. The fourth-order valence-electron chi connectivity index (χ4n) is 2.68. The van der Waals surface area contributed by atoms with Gasteiger partial charge in [-0.05, 0) is 30.3 Å². The Morgan fingerprint density at radius 1 is 0.933 bits per heavy atom. The van der Waals surface area contributed by atoms with Crippen LogP contribution in [0.4, 0.5) is 0 Å². The molecule has 1 aromatic heterocycles. The molecule has 0 aliphatic rings. The number of para-hydroxylation sites is 2. The van der Waals surface area contributed by atoms with Crippen LogP contribution in [0.25, 0.3) is 11.5 Å². The van der Waals surface area contributed by atoms with E-state index in [0.29, 0.717) is 40.3 Å². The fraction of sp³-hybridized carbons (Fsp3) is 0.286. The minimum Gasteiger partial charge on any atom is -0.493 e. The topological polar surface area (TPSA) is 96.2 Å². The molecule has 9 heteroatoms. The lowest BCUT2D eigenvalue weighted by Gasteiger charge is -2.16. The maximum atomic E-state index is 12.4. The molecule has 3 rings (SSSR count). The number of ether oxygens (including phenoxy) is 4. The molecule has 3 aromatic rings. The minimum atomic E-state index is -0.244. The van der Waals surface area contributed by atoms with Crippen molar-refractivity contribution in [3.8, 4) is 34.5 Å². The zero-order valence-electron chi connectivity index (χ0n) is 17.2. The number of amides is 1. The van der Waals surface area contributed by atoms with Crippen molar-refractivity contribution in [2.45, 2.75) is 6.54 Å². The average Bonchev–Trinajstić information content (AvgIpc) is 3.25. The van der Waals surface area contributed by atoms with E-state index in [9.17, 15) is 4.79 Å². The van der Waals surface area contributed by atoms with Gasteiger partial charge in [-0.1, -0.05) is 12.1 Å². The highest BCUT2D eigenvalue weighted by Crippen LogP contribution is 2.31. The molecule has 0 radical (unpaired) electrons. The first-order valence-electron chi connectivity index (χ1n) is 9.10. The monoisotopic (exact) mass is 413 g/mol. The van der Waals surface area contributed by atoms with Crippen LogP contribution in [0.3, 0.4) is 0 Å². The van der Waals surface area contributed by atoms with Gasteiger partial charge in [0, 0.05) is 12.6 Å². The van der Waals surface area contributed by atoms with Crippen molar-refractivity contribution in [3.05, 3.63) is 48.4 Å². The van der Waals surface area contributed by atoms with Crippen LogP contribution >= 0.6 is 0 Å². The SMILES string of the molecule is COc1ccc(-c2nnc(CN(C)C(=O)COc3ccccc3OC)o2)cc1OC. The van der Waals surface area contributed by atoms with Crippen molar-refractivity contribution in [1.82, 2.24) is 15.1 Å². The van der Waals surface area contributed by atoms with E-state index in [2.05, 4.69) is 10.2 Å². The first-order chi connectivity index (χ1) is 14.5. The van der Waals surface area contributed by atoms with Crippen LogP contribution in [0.1, 0.15) is 5.89 Å². The lowest BCUT2D eigenvalue weighted by molar-refractivity contribution is -0.132. The Balaban J connectivity index is 1.61. The second-order valence-corrected chi connectivity index (χ2v) is 6.26. The van der Waals surface area contributed by atoms with Gasteiger partial charge >= 0.3 is 0 Å². The van der Waals surface area contributed by atoms with E-state index in [1.165, 1.54) is 4.90 Å². The Labute approximate surface area is 174 Å². The van der Waals surface area contributed by atoms with Crippen molar-refractivity contribution in [1.29, 1.82) is 0 Å². The number of benzene rings is 2. The maximum absolute atomic E-state index is 12.4. The van der Waals surface area contributed by atoms with E-state index >= 15 is 0 Å². The number of carbonyl (C=O) groups excluding carboxylic acids is 1. The third-order valence-electron chi connectivity index (χ3n) is 4.32. The average molecular weight is 413 g/mol. The number of nitrogens with zero attached hydrogens (tertiary/aromatic N) is 3. The summed E-state index contributed by atoms with van der Waals surface area (Å²) in [6.45, 7) is 0.00194. The lowest BCUT2D eigenvalue weighted by atomic mass is 10.2. The van der Waals surface area contributed by atoms with E-state index in [0.717, 1.165) is 0 Å². The van der Waals surface area contributed by atoms with Crippen LogP contribution in [0, 0.1) is 0 Å². The summed E-state index contributed by atoms with van der Waals surface area (Å²) in [6.07, 6.45) is 0. The zero-order valence-corrected chi connectivity index (χ0v) is 17.2. The van der Waals surface area contributed by atoms with Gasteiger partial charge in [0.05, 0.1) is 27.9 Å². The van der Waals surface area contributed by atoms with Crippen LogP contribution in [0.2, 0.25) is 0 Å². The van der Waals surface area contributed by atoms with Gasteiger partial charge in [-0.2, -0.15) is 0 Å². The van der Waals surface area contributed by atoms with E-state index in [4.69, 9.17) is 23.4 Å². The second kappa shape index (κ2) is 9.64. The van der Waals surface area contributed by atoms with Gasteiger partial charge in [-0.25, -0.2) is 0 Å². The number of methoxy groups -OCH3 is 3. The molecular weight excluding hydrogens is 390 g/mol. The summed E-state index contributed by atoms with van der Waals surface area (Å²) < 4.78 is 27.0. The van der Waals surface area contributed by atoms with E-state index < -0.39 is 0 Å². The largest absolute Gasteiger partial charge is 0.493 e. The number of hydrogen-bond donors (Lipinski definition) is 0. The van der Waals surface area contributed by atoms with E-state index in [1.54, 1.807) is 64.8 Å². The molecule has 9 nitrogen and oxygen atoms in total. The molecule has 1 amide bonds. The summed E-state index contributed by atoms with van der Waals surface area (Å²) in [5, 5.41) is 8.06.